The highest BCUT2D eigenvalue weighted by Gasteiger charge is 2.19. The summed E-state index contributed by atoms with van der Waals surface area (Å²) >= 11 is 0. The molecule has 0 fully saturated rings. The summed E-state index contributed by atoms with van der Waals surface area (Å²) in [6.45, 7) is 0. The molecule has 0 aliphatic carbocycles. The summed E-state index contributed by atoms with van der Waals surface area (Å²) in [6, 6.07) is 57.6. The lowest BCUT2D eigenvalue weighted by molar-refractivity contribution is 1.33. The van der Waals surface area contributed by atoms with Crippen molar-refractivity contribution in [2.24, 2.45) is 0 Å². The average Bonchev–Trinajstić information content (AvgIpc) is 3.19. The van der Waals surface area contributed by atoms with Crippen LogP contribution in [0.2, 0.25) is 0 Å². The van der Waals surface area contributed by atoms with E-state index in [9.17, 15) is 0 Å². The Bertz CT molecular complexity index is 3110. The summed E-state index contributed by atoms with van der Waals surface area (Å²) in [5, 5.41) is 16.3. The summed E-state index contributed by atoms with van der Waals surface area (Å²) < 4.78 is 0. The third-order valence-electron chi connectivity index (χ3n) is 10.7. The minimum Gasteiger partial charge on any atom is -0.264 e. The maximum absolute atomic E-state index is 5.41. The highest BCUT2D eigenvalue weighted by molar-refractivity contribution is 6.34. The molecule has 0 amide bonds. The van der Waals surface area contributed by atoms with Crippen LogP contribution in [0.3, 0.4) is 0 Å². The first-order valence-electron chi connectivity index (χ1n) is 17.1. The van der Waals surface area contributed by atoms with Crippen LogP contribution in [0, 0.1) is 0 Å². The third-order valence-corrected chi connectivity index (χ3v) is 10.7. The number of para-hydroxylation sites is 1. The Morgan fingerprint density at radius 1 is 0.340 bits per heavy atom. The molecule has 0 spiro atoms. The second kappa shape index (κ2) is 10.4. The first-order valence-corrected chi connectivity index (χ1v) is 17.1. The number of benzene rings is 9. The average molecular weight is 633 g/mol. The Morgan fingerprint density at radius 2 is 1.00 bits per heavy atom. The number of pyridine rings is 2. The van der Waals surface area contributed by atoms with E-state index in [0.29, 0.717) is 0 Å². The van der Waals surface area contributed by atoms with Gasteiger partial charge >= 0.3 is 0 Å². The molecule has 50 heavy (non-hydrogen) atoms. The Balaban J connectivity index is 1.17. The second-order valence-electron chi connectivity index (χ2n) is 13.3. The van der Waals surface area contributed by atoms with Crippen molar-refractivity contribution >= 4 is 75.5 Å². The molecular formula is C48H28N2. The molecule has 0 aliphatic heterocycles. The molecule has 0 aliphatic rings. The zero-order valence-electron chi connectivity index (χ0n) is 27.1. The van der Waals surface area contributed by atoms with E-state index in [1.807, 2.05) is 18.5 Å². The third kappa shape index (κ3) is 3.90. The van der Waals surface area contributed by atoms with Gasteiger partial charge in [-0.05, 0) is 88.8 Å². The minimum absolute atomic E-state index is 1.00. The molecule has 0 N–H and O–H groups in total. The van der Waals surface area contributed by atoms with Crippen molar-refractivity contribution in [3.8, 4) is 33.5 Å². The van der Waals surface area contributed by atoms with E-state index in [4.69, 9.17) is 4.98 Å². The molecule has 2 nitrogen and oxygen atoms in total. The van der Waals surface area contributed by atoms with Gasteiger partial charge in [-0.25, -0.2) is 4.98 Å². The van der Waals surface area contributed by atoms with Gasteiger partial charge in [-0.15, -0.1) is 0 Å². The Morgan fingerprint density at radius 3 is 1.82 bits per heavy atom. The second-order valence-corrected chi connectivity index (χ2v) is 13.3. The number of aromatic nitrogens is 2. The van der Waals surface area contributed by atoms with Gasteiger partial charge in [0.1, 0.15) is 0 Å². The topological polar surface area (TPSA) is 25.8 Å². The van der Waals surface area contributed by atoms with E-state index in [-0.39, 0.29) is 0 Å². The molecule has 0 saturated carbocycles. The van der Waals surface area contributed by atoms with Crippen molar-refractivity contribution in [2.75, 3.05) is 0 Å². The highest BCUT2D eigenvalue weighted by Crippen LogP contribution is 2.45. The quantitative estimate of drug-likeness (QED) is 0.181. The van der Waals surface area contributed by atoms with Crippen molar-refractivity contribution in [3.05, 3.63) is 170 Å². The number of fused-ring (bicyclic) bond motifs is 8. The summed E-state index contributed by atoms with van der Waals surface area (Å²) in [7, 11) is 0. The summed E-state index contributed by atoms with van der Waals surface area (Å²) in [4.78, 5) is 9.81. The molecule has 2 aromatic heterocycles. The van der Waals surface area contributed by atoms with Crippen LogP contribution in [0.4, 0.5) is 0 Å². The molecule has 0 atom stereocenters. The molecule has 0 saturated heterocycles. The van der Waals surface area contributed by atoms with Gasteiger partial charge < -0.3 is 0 Å². The predicted octanol–water partition coefficient (Wildman–Crippen LogP) is 13.0. The fraction of sp³-hybridized carbons (Fsp3) is 0. The number of nitrogens with zero attached hydrogens (tertiary/aromatic N) is 2. The highest BCUT2D eigenvalue weighted by atomic mass is 14.7. The summed E-state index contributed by atoms with van der Waals surface area (Å²) in [5.74, 6) is 0. The molecule has 9 aromatic carbocycles. The molecule has 0 bridgehead atoms. The summed E-state index contributed by atoms with van der Waals surface area (Å²) in [5.41, 5.74) is 7.83. The smallest absolute Gasteiger partial charge is 0.0794 e. The number of rotatable bonds is 3. The van der Waals surface area contributed by atoms with Crippen LogP contribution in [0.15, 0.2) is 170 Å². The monoisotopic (exact) mass is 632 g/mol. The lowest BCUT2D eigenvalue weighted by Gasteiger charge is -2.17. The van der Waals surface area contributed by atoms with Crippen LogP contribution in [0.5, 0.6) is 0 Å². The largest absolute Gasteiger partial charge is 0.264 e. The molecule has 11 rings (SSSR count). The van der Waals surface area contributed by atoms with E-state index in [1.165, 1.54) is 81.1 Å². The fourth-order valence-corrected chi connectivity index (χ4v) is 8.39. The SMILES string of the molecule is c1cncc(-c2ccc3c(c2)c2ccccc2c2c4ccccc4nc(-c4ccc(-c5ccc6ccc7cccc8ccc5c6c78)cc4)c32)c1. The first kappa shape index (κ1) is 27.3. The van der Waals surface area contributed by atoms with Gasteiger partial charge in [0, 0.05) is 39.7 Å². The number of hydrogen-bond donors (Lipinski definition) is 0. The van der Waals surface area contributed by atoms with Gasteiger partial charge in [0.05, 0.1) is 11.2 Å². The van der Waals surface area contributed by atoms with E-state index >= 15 is 0 Å². The van der Waals surface area contributed by atoms with Gasteiger partial charge in [-0.3, -0.25) is 4.98 Å². The van der Waals surface area contributed by atoms with Crippen LogP contribution in [0.1, 0.15) is 0 Å². The Kier molecular flexibility index (Phi) is 5.70. The van der Waals surface area contributed by atoms with E-state index in [2.05, 4.69) is 157 Å². The molecule has 11 aromatic rings. The summed E-state index contributed by atoms with van der Waals surface area (Å²) in [6.07, 6.45) is 3.76. The zero-order chi connectivity index (χ0) is 32.8. The molecule has 230 valence electrons. The maximum atomic E-state index is 5.41. The minimum atomic E-state index is 1.00. The van der Waals surface area contributed by atoms with Crippen molar-refractivity contribution in [1.29, 1.82) is 0 Å². The zero-order valence-corrected chi connectivity index (χ0v) is 27.1. The van der Waals surface area contributed by atoms with Gasteiger partial charge in [-0.1, -0.05) is 140 Å². The fourth-order valence-electron chi connectivity index (χ4n) is 8.39. The van der Waals surface area contributed by atoms with Crippen molar-refractivity contribution in [2.45, 2.75) is 0 Å². The van der Waals surface area contributed by atoms with Crippen molar-refractivity contribution < 1.29 is 0 Å². The van der Waals surface area contributed by atoms with E-state index in [0.717, 1.165) is 27.9 Å². The Hall–Kier alpha value is -6.64. The molecular weight excluding hydrogens is 605 g/mol. The van der Waals surface area contributed by atoms with E-state index < -0.39 is 0 Å². The molecule has 0 radical (unpaired) electrons. The molecule has 2 heterocycles. The van der Waals surface area contributed by atoms with Crippen molar-refractivity contribution in [1.82, 2.24) is 9.97 Å². The molecule has 2 heteroatoms. The maximum Gasteiger partial charge on any atom is 0.0794 e. The van der Waals surface area contributed by atoms with Gasteiger partial charge in [0.15, 0.2) is 0 Å². The van der Waals surface area contributed by atoms with Gasteiger partial charge in [0.25, 0.3) is 0 Å². The van der Waals surface area contributed by atoms with E-state index in [1.54, 1.807) is 0 Å². The molecule has 0 unspecified atom stereocenters. The van der Waals surface area contributed by atoms with Crippen LogP contribution in [-0.2, 0) is 0 Å². The van der Waals surface area contributed by atoms with Crippen LogP contribution >= 0.6 is 0 Å². The number of hydrogen-bond acceptors (Lipinski definition) is 2. The van der Waals surface area contributed by atoms with Crippen LogP contribution in [-0.4, -0.2) is 9.97 Å². The van der Waals surface area contributed by atoms with Gasteiger partial charge in [0.2, 0.25) is 0 Å². The van der Waals surface area contributed by atoms with Crippen molar-refractivity contribution in [3.63, 3.8) is 0 Å². The predicted molar refractivity (Wildman–Crippen MR) is 212 cm³/mol. The normalized spacial score (nSPS) is 12.0. The first-order chi connectivity index (χ1) is 24.8. The Labute approximate surface area is 288 Å². The van der Waals surface area contributed by atoms with Crippen LogP contribution in [0.25, 0.3) is 109 Å². The lowest BCUT2D eigenvalue weighted by Crippen LogP contribution is -1.93. The van der Waals surface area contributed by atoms with Gasteiger partial charge in [-0.2, -0.15) is 0 Å². The standard InChI is InChI=1S/C48H28N2/c1-2-11-38-37(10-1)42-27-34(35-9-6-26-49-28-35)22-25-40(42)47-46(38)41-12-3-4-13-43(41)50-48(47)33-18-14-29(15-19-33)36-23-20-32-17-16-30-7-5-8-31-21-24-39(36)45(32)44(30)31/h1-28H. The van der Waals surface area contributed by atoms with Crippen LogP contribution < -0.4 is 0 Å². The lowest BCUT2D eigenvalue weighted by atomic mass is 9.88.